The number of nitrogens with zero attached hydrogens (tertiary/aromatic N) is 2. The molecule has 1 aliphatic rings. The van der Waals surface area contributed by atoms with E-state index in [9.17, 15) is 4.39 Å². The van der Waals surface area contributed by atoms with Crippen molar-refractivity contribution < 1.29 is 4.39 Å². The molecular formula is C12H8BrFN2S. The summed E-state index contributed by atoms with van der Waals surface area (Å²) in [5.74, 6) is -0.463. The van der Waals surface area contributed by atoms with Crippen molar-refractivity contribution in [1.29, 1.82) is 0 Å². The highest BCUT2D eigenvalue weighted by atomic mass is 79.9. The van der Waals surface area contributed by atoms with Gasteiger partial charge in [0.05, 0.1) is 5.69 Å². The van der Waals surface area contributed by atoms with Gasteiger partial charge in [0.1, 0.15) is 5.01 Å². The Kier molecular flexibility index (Phi) is 2.80. The van der Waals surface area contributed by atoms with Gasteiger partial charge in [0.25, 0.3) is 0 Å². The summed E-state index contributed by atoms with van der Waals surface area (Å²) in [6, 6.07) is 3.07. The van der Waals surface area contributed by atoms with E-state index < -0.39 is 5.95 Å². The summed E-state index contributed by atoms with van der Waals surface area (Å²) >= 11 is 5.21. The van der Waals surface area contributed by atoms with Crippen LogP contribution >= 0.6 is 27.3 Å². The molecule has 0 radical (unpaired) electrons. The van der Waals surface area contributed by atoms with Gasteiger partial charge in [-0.05, 0) is 18.2 Å². The Morgan fingerprint density at radius 1 is 1.41 bits per heavy atom. The Morgan fingerprint density at radius 3 is 3.06 bits per heavy atom. The summed E-state index contributed by atoms with van der Waals surface area (Å²) in [6.07, 6.45) is 6.59. The van der Waals surface area contributed by atoms with E-state index in [0.29, 0.717) is 4.83 Å². The zero-order chi connectivity index (χ0) is 11.8. The van der Waals surface area contributed by atoms with E-state index in [1.807, 2.05) is 6.08 Å². The maximum atomic E-state index is 12.7. The molecule has 0 aromatic carbocycles. The largest absolute Gasteiger partial charge is 0.236 e. The first kappa shape index (κ1) is 11.0. The highest BCUT2D eigenvalue weighted by molar-refractivity contribution is 9.09. The van der Waals surface area contributed by atoms with Crippen molar-refractivity contribution in [2.75, 3.05) is 0 Å². The van der Waals surface area contributed by atoms with Gasteiger partial charge in [-0.2, -0.15) is 4.39 Å². The summed E-state index contributed by atoms with van der Waals surface area (Å²) in [5, 5.41) is 0.897. The van der Waals surface area contributed by atoms with Gasteiger partial charge in [-0.3, -0.25) is 0 Å². The van der Waals surface area contributed by atoms with E-state index in [1.165, 1.54) is 17.1 Å². The van der Waals surface area contributed by atoms with Crippen LogP contribution in [0.5, 0.6) is 0 Å². The third-order valence-electron chi connectivity index (χ3n) is 2.55. The van der Waals surface area contributed by atoms with Gasteiger partial charge < -0.3 is 0 Å². The summed E-state index contributed by atoms with van der Waals surface area (Å²) < 4.78 is 12.7. The van der Waals surface area contributed by atoms with Crippen molar-refractivity contribution >= 4 is 33.3 Å². The van der Waals surface area contributed by atoms with Crippen LogP contribution in [0.1, 0.15) is 10.6 Å². The average Bonchev–Trinajstić information content (AvgIpc) is 2.72. The van der Waals surface area contributed by atoms with E-state index in [4.69, 9.17) is 0 Å². The number of alkyl halides is 1. The molecule has 0 fully saturated rings. The number of fused-ring (bicyclic) bond motifs is 1. The lowest BCUT2D eigenvalue weighted by Gasteiger charge is -2.07. The molecule has 1 atom stereocenters. The van der Waals surface area contributed by atoms with Gasteiger partial charge in [0, 0.05) is 27.9 Å². The molecule has 17 heavy (non-hydrogen) atoms. The van der Waals surface area contributed by atoms with Gasteiger partial charge in [-0.15, -0.1) is 11.3 Å². The van der Waals surface area contributed by atoms with Crippen LogP contribution in [-0.2, 0) is 6.42 Å². The normalized spacial score (nSPS) is 18.1. The molecule has 0 saturated carbocycles. The highest BCUT2D eigenvalue weighted by Crippen LogP contribution is 2.33. The van der Waals surface area contributed by atoms with Gasteiger partial charge in [0.2, 0.25) is 5.95 Å². The molecule has 86 valence electrons. The fourth-order valence-electron chi connectivity index (χ4n) is 1.71. The topological polar surface area (TPSA) is 25.8 Å². The predicted octanol–water partition coefficient (Wildman–Crippen LogP) is 3.68. The monoisotopic (exact) mass is 310 g/mol. The summed E-state index contributed by atoms with van der Waals surface area (Å²) in [7, 11) is 0. The number of hydrogen-bond acceptors (Lipinski definition) is 3. The number of halogens is 2. The van der Waals surface area contributed by atoms with Crippen LogP contribution in [-0.4, -0.2) is 14.8 Å². The van der Waals surface area contributed by atoms with Crippen molar-refractivity contribution in [1.82, 2.24) is 9.97 Å². The Bertz CT molecular complexity index is 577. The van der Waals surface area contributed by atoms with Gasteiger partial charge in [-0.1, -0.05) is 22.0 Å². The first-order valence-electron chi connectivity index (χ1n) is 5.16. The zero-order valence-corrected chi connectivity index (χ0v) is 11.1. The molecule has 2 aromatic rings. The van der Waals surface area contributed by atoms with E-state index in [-0.39, 0.29) is 0 Å². The van der Waals surface area contributed by atoms with E-state index >= 15 is 0 Å². The third kappa shape index (κ3) is 2.17. The quantitative estimate of drug-likeness (QED) is 0.593. The van der Waals surface area contributed by atoms with Crippen molar-refractivity contribution in [3.8, 4) is 10.6 Å². The molecule has 0 N–H and O–H groups in total. The lowest BCUT2D eigenvalue weighted by atomic mass is 10.1. The average molecular weight is 311 g/mol. The van der Waals surface area contributed by atoms with E-state index in [1.54, 1.807) is 17.4 Å². The van der Waals surface area contributed by atoms with Crippen LogP contribution in [0.4, 0.5) is 4.39 Å². The van der Waals surface area contributed by atoms with Crippen molar-refractivity contribution in [2.45, 2.75) is 11.2 Å². The molecule has 3 rings (SSSR count). The third-order valence-corrected chi connectivity index (χ3v) is 4.32. The van der Waals surface area contributed by atoms with Crippen molar-refractivity contribution in [3.05, 3.63) is 40.9 Å². The minimum Gasteiger partial charge on any atom is -0.236 e. The number of allylic oxidation sites excluding steroid dienone is 1. The molecule has 0 spiro atoms. The smallest absolute Gasteiger partial charge is 0.212 e. The molecular weight excluding hydrogens is 303 g/mol. The Labute approximate surface area is 110 Å². The first-order valence-corrected chi connectivity index (χ1v) is 6.89. The molecule has 5 heteroatoms. The number of thiazole rings is 1. The summed E-state index contributed by atoms with van der Waals surface area (Å²) in [5.41, 5.74) is 1.88. The molecule has 1 aliphatic carbocycles. The van der Waals surface area contributed by atoms with Crippen LogP contribution in [0.3, 0.4) is 0 Å². The van der Waals surface area contributed by atoms with E-state index in [2.05, 4.69) is 32.0 Å². The maximum Gasteiger partial charge on any atom is 0.212 e. The van der Waals surface area contributed by atoms with Crippen LogP contribution < -0.4 is 0 Å². The SMILES string of the molecule is Fc1ccc(-c2nc3c(s2)CC(Br)C=C3)cn1. The highest BCUT2D eigenvalue weighted by Gasteiger charge is 2.17. The molecule has 0 aliphatic heterocycles. The number of aromatic nitrogens is 2. The second-order valence-corrected chi connectivity index (χ2v) is 6.04. The number of pyridine rings is 1. The number of rotatable bonds is 1. The minimum atomic E-state index is -0.463. The van der Waals surface area contributed by atoms with Crippen LogP contribution in [0, 0.1) is 5.95 Å². The summed E-state index contributed by atoms with van der Waals surface area (Å²) in [4.78, 5) is 9.82. The Balaban J connectivity index is 2.00. The lowest BCUT2D eigenvalue weighted by molar-refractivity contribution is 0.584. The second-order valence-electron chi connectivity index (χ2n) is 3.78. The van der Waals surface area contributed by atoms with Gasteiger partial charge >= 0.3 is 0 Å². The fourth-order valence-corrected chi connectivity index (χ4v) is 3.49. The second kappa shape index (κ2) is 4.31. The van der Waals surface area contributed by atoms with E-state index in [0.717, 1.165) is 22.7 Å². The standard InChI is InChI=1S/C12H8BrFN2S/c13-8-2-3-9-10(5-8)17-12(16-9)7-1-4-11(14)15-6-7/h1-4,6,8H,5H2. The molecule has 0 saturated heterocycles. The predicted molar refractivity (Wildman–Crippen MR) is 70.8 cm³/mol. The summed E-state index contributed by atoms with van der Waals surface area (Å²) in [6.45, 7) is 0. The first-order chi connectivity index (χ1) is 8.22. The fraction of sp³-hybridized carbons (Fsp3) is 0.167. The van der Waals surface area contributed by atoms with Gasteiger partial charge in [0.15, 0.2) is 0 Å². The van der Waals surface area contributed by atoms with Crippen molar-refractivity contribution in [2.24, 2.45) is 0 Å². The van der Waals surface area contributed by atoms with Crippen LogP contribution in [0.25, 0.3) is 16.6 Å². The van der Waals surface area contributed by atoms with Crippen molar-refractivity contribution in [3.63, 3.8) is 0 Å². The molecule has 1 unspecified atom stereocenters. The molecule has 2 heterocycles. The number of hydrogen-bond donors (Lipinski definition) is 0. The lowest BCUT2D eigenvalue weighted by Crippen LogP contribution is -2.02. The maximum absolute atomic E-state index is 12.7. The minimum absolute atomic E-state index is 0.384. The Hall–Kier alpha value is -1.07. The zero-order valence-electron chi connectivity index (χ0n) is 8.73. The van der Waals surface area contributed by atoms with Crippen LogP contribution in [0.15, 0.2) is 24.4 Å². The van der Waals surface area contributed by atoms with Gasteiger partial charge in [-0.25, -0.2) is 9.97 Å². The molecule has 0 amide bonds. The van der Waals surface area contributed by atoms with Crippen LogP contribution in [0.2, 0.25) is 0 Å². The molecule has 2 nitrogen and oxygen atoms in total. The Morgan fingerprint density at radius 2 is 2.29 bits per heavy atom. The molecule has 2 aromatic heterocycles. The molecule has 0 bridgehead atoms.